The van der Waals surface area contributed by atoms with Crippen molar-refractivity contribution in [3.8, 4) is 0 Å². The van der Waals surface area contributed by atoms with Gasteiger partial charge in [0, 0.05) is 39.6 Å². The number of oxazole rings is 1. The average Bonchev–Trinajstić information content (AvgIpc) is 3.08. The van der Waals surface area contributed by atoms with Gasteiger partial charge in [0.05, 0.1) is 27.3 Å². The minimum absolute atomic E-state index is 0.0735. The summed E-state index contributed by atoms with van der Waals surface area (Å²) in [6, 6.07) is 0. The van der Waals surface area contributed by atoms with Gasteiger partial charge in [0.2, 0.25) is 20.6 Å². The van der Waals surface area contributed by atoms with Crippen LogP contribution in [-0.2, 0) is 20.6 Å². The third kappa shape index (κ3) is 4.30. The maximum atomic E-state index is 11.9. The van der Waals surface area contributed by atoms with Crippen LogP contribution >= 0.6 is 11.6 Å². The van der Waals surface area contributed by atoms with Crippen LogP contribution in [0.2, 0.25) is 5.35 Å². The molecule has 0 saturated carbocycles. The van der Waals surface area contributed by atoms with Gasteiger partial charge in [-0.1, -0.05) is 12.2 Å². The van der Waals surface area contributed by atoms with E-state index in [4.69, 9.17) is 16.0 Å². The van der Waals surface area contributed by atoms with Crippen molar-refractivity contribution in [1.29, 1.82) is 0 Å². The van der Waals surface area contributed by atoms with Gasteiger partial charge in [0.1, 0.15) is 5.76 Å². The number of rotatable bonds is 4. The number of likely N-dealkylation sites (N-methyl/N-ethyl adjacent to an activating group) is 2. The van der Waals surface area contributed by atoms with E-state index in [2.05, 4.69) is 4.98 Å². The van der Waals surface area contributed by atoms with Gasteiger partial charge in [-0.25, -0.2) is 4.98 Å². The van der Waals surface area contributed by atoms with Crippen LogP contribution in [0, 0.1) is 0 Å². The summed E-state index contributed by atoms with van der Waals surface area (Å²) in [4.78, 5) is 7.90. The van der Waals surface area contributed by atoms with Gasteiger partial charge in [0.25, 0.3) is 5.35 Å². The van der Waals surface area contributed by atoms with Crippen molar-refractivity contribution < 1.29 is 21.3 Å². The molecule has 11 heteroatoms. The molecule has 0 N–H and O–H groups in total. The lowest BCUT2D eigenvalue weighted by molar-refractivity contribution is 0.504. The summed E-state index contributed by atoms with van der Waals surface area (Å²) in [6.45, 7) is 0. The second-order valence-electron chi connectivity index (χ2n) is 7.09. The number of aromatic nitrogens is 1. The molecule has 0 bridgehead atoms. The Bertz CT molecular complexity index is 1170. The Morgan fingerprint density at radius 3 is 1.80 bits per heavy atom. The maximum absolute atomic E-state index is 11.9. The van der Waals surface area contributed by atoms with Crippen LogP contribution in [0.3, 0.4) is 0 Å². The summed E-state index contributed by atoms with van der Waals surface area (Å²) in [6.07, 6.45) is 9.95. The molecular formula is C19H20ClN3O5S2. The average molecular weight is 470 g/mol. The highest BCUT2D eigenvalue weighted by molar-refractivity contribution is 7.73. The van der Waals surface area contributed by atoms with E-state index >= 15 is 0 Å². The summed E-state index contributed by atoms with van der Waals surface area (Å²) >= 11 is 6.02. The standard InChI is InChI=1S/C19H20ClN3O5S2/c1-22(2)11-5-7-13(15(9-11)29(24)25)17-18(28-19(20)21-17)14-8-6-12(23(3)4)10-16(14)30(26)27/h5-10,13-14H,1-4H3. The molecule has 0 fully saturated rings. The predicted molar refractivity (Wildman–Crippen MR) is 117 cm³/mol. The van der Waals surface area contributed by atoms with Gasteiger partial charge in [0.15, 0.2) is 0 Å². The Hall–Kier alpha value is -2.56. The molecule has 160 valence electrons. The third-order valence-corrected chi connectivity index (χ3v) is 6.44. The first-order valence-corrected chi connectivity index (χ1v) is 11.4. The lowest BCUT2D eigenvalue weighted by Crippen LogP contribution is -2.22. The monoisotopic (exact) mass is 469 g/mol. The van der Waals surface area contributed by atoms with Crippen LogP contribution in [0.15, 0.2) is 52.3 Å². The first-order valence-electron chi connectivity index (χ1n) is 8.83. The fourth-order valence-corrected chi connectivity index (χ4v) is 4.61. The molecule has 0 amide bonds. The number of halogens is 1. The Kier molecular flexibility index (Phi) is 6.39. The SMILES string of the molecule is CN(C)C1=CC(=S(=O)=O)C(c2nc(Cl)oc2C2C=CC(N(C)C)=CC2=S(=O)=O)C=C1. The minimum Gasteiger partial charge on any atom is -0.431 e. The summed E-state index contributed by atoms with van der Waals surface area (Å²) in [5, 5.41) is -0.196. The Morgan fingerprint density at radius 1 is 0.867 bits per heavy atom. The first-order chi connectivity index (χ1) is 14.1. The molecule has 1 aromatic rings. The maximum Gasteiger partial charge on any atom is 0.292 e. The van der Waals surface area contributed by atoms with Crippen molar-refractivity contribution in [2.24, 2.45) is 0 Å². The lowest BCUT2D eigenvalue weighted by Gasteiger charge is -2.23. The van der Waals surface area contributed by atoms with E-state index in [-0.39, 0.29) is 26.5 Å². The Balaban J connectivity index is 2.15. The zero-order chi connectivity index (χ0) is 22.2. The molecule has 0 spiro atoms. The zero-order valence-corrected chi connectivity index (χ0v) is 19.1. The van der Waals surface area contributed by atoms with E-state index in [0.717, 1.165) is 0 Å². The molecule has 1 aromatic heterocycles. The van der Waals surface area contributed by atoms with E-state index in [1.165, 1.54) is 12.2 Å². The smallest absolute Gasteiger partial charge is 0.292 e. The molecule has 0 aromatic carbocycles. The van der Waals surface area contributed by atoms with Crippen molar-refractivity contribution >= 4 is 41.9 Å². The molecule has 2 aliphatic rings. The number of allylic oxidation sites excluding steroid dienone is 6. The van der Waals surface area contributed by atoms with Gasteiger partial charge >= 0.3 is 0 Å². The summed E-state index contributed by atoms with van der Waals surface area (Å²) in [5.41, 5.74) is 1.65. The van der Waals surface area contributed by atoms with Crippen LogP contribution in [0.1, 0.15) is 23.3 Å². The van der Waals surface area contributed by atoms with E-state index < -0.39 is 32.4 Å². The van der Waals surface area contributed by atoms with Crippen molar-refractivity contribution in [3.63, 3.8) is 0 Å². The fraction of sp³-hybridized carbons (Fsp3) is 0.316. The molecule has 2 atom stereocenters. The zero-order valence-electron chi connectivity index (χ0n) is 16.7. The number of nitrogens with zero attached hydrogens (tertiary/aromatic N) is 3. The Morgan fingerprint density at radius 2 is 1.33 bits per heavy atom. The van der Waals surface area contributed by atoms with E-state index in [9.17, 15) is 16.8 Å². The Labute approximate surface area is 182 Å². The summed E-state index contributed by atoms with van der Waals surface area (Å²) in [5.74, 6) is -1.35. The van der Waals surface area contributed by atoms with E-state index in [1.54, 1.807) is 62.3 Å². The molecule has 0 radical (unpaired) electrons. The van der Waals surface area contributed by atoms with Crippen LogP contribution in [0.5, 0.6) is 0 Å². The largest absolute Gasteiger partial charge is 0.431 e. The summed E-state index contributed by atoms with van der Waals surface area (Å²) in [7, 11) is 2.12. The van der Waals surface area contributed by atoms with Crippen molar-refractivity contribution in [2.45, 2.75) is 11.8 Å². The molecular weight excluding hydrogens is 450 g/mol. The molecule has 0 aliphatic heterocycles. The molecule has 8 nitrogen and oxygen atoms in total. The highest BCUT2D eigenvalue weighted by Gasteiger charge is 2.33. The van der Waals surface area contributed by atoms with Crippen molar-refractivity contribution in [2.75, 3.05) is 28.2 Å². The number of hydrogen-bond acceptors (Lipinski definition) is 8. The summed E-state index contributed by atoms with van der Waals surface area (Å²) < 4.78 is 53.3. The van der Waals surface area contributed by atoms with Gasteiger partial charge in [-0.05, 0) is 35.9 Å². The second kappa shape index (κ2) is 8.66. The highest BCUT2D eigenvalue weighted by Crippen LogP contribution is 2.36. The van der Waals surface area contributed by atoms with E-state index in [0.29, 0.717) is 11.4 Å². The molecule has 2 unspecified atom stereocenters. The second-order valence-corrected chi connectivity index (χ2v) is 9.30. The third-order valence-electron chi connectivity index (χ3n) is 4.76. The van der Waals surface area contributed by atoms with Gasteiger partial charge in [-0.2, -0.15) is 16.8 Å². The van der Waals surface area contributed by atoms with Crippen LogP contribution in [-0.4, -0.2) is 69.5 Å². The van der Waals surface area contributed by atoms with Crippen molar-refractivity contribution in [1.82, 2.24) is 14.8 Å². The lowest BCUT2D eigenvalue weighted by atomic mass is 9.88. The minimum atomic E-state index is -2.54. The van der Waals surface area contributed by atoms with E-state index in [1.807, 2.05) is 0 Å². The van der Waals surface area contributed by atoms with Crippen molar-refractivity contribution in [3.05, 3.63) is 64.7 Å². The fourth-order valence-electron chi connectivity index (χ4n) is 3.21. The highest BCUT2D eigenvalue weighted by atomic mass is 35.5. The van der Waals surface area contributed by atoms with Gasteiger partial charge in [-0.3, -0.25) is 0 Å². The number of hydrogen-bond donors (Lipinski definition) is 0. The molecule has 2 aliphatic carbocycles. The predicted octanol–water partition coefficient (Wildman–Crippen LogP) is 1.63. The van der Waals surface area contributed by atoms with Gasteiger partial charge in [-0.15, -0.1) is 0 Å². The molecule has 30 heavy (non-hydrogen) atoms. The van der Waals surface area contributed by atoms with Gasteiger partial charge < -0.3 is 14.2 Å². The normalized spacial score (nSPS) is 20.7. The van der Waals surface area contributed by atoms with Crippen LogP contribution in [0.4, 0.5) is 0 Å². The molecule has 1 heterocycles. The van der Waals surface area contributed by atoms with Crippen LogP contribution in [0.25, 0.3) is 0 Å². The molecule has 3 rings (SSSR count). The van der Waals surface area contributed by atoms with Crippen LogP contribution < -0.4 is 0 Å². The first kappa shape index (κ1) is 22.1. The molecule has 0 saturated heterocycles. The topological polar surface area (TPSA) is 101 Å². The quantitative estimate of drug-likeness (QED) is 0.613.